The van der Waals surface area contributed by atoms with Gasteiger partial charge in [-0.05, 0) is 188 Å². The summed E-state index contributed by atoms with van der Waals surface area (Å²) in [5.74, 6) is 0. The maximum Gasteiger partial charge on any atom is 0.0462 e. The lowest BCUT2D eigenvalue weighted by Gasteiger charge is -2.26. The quantitative estimate of drug-likeness (QED) is 0.0774. The number of hydrogen-bond acceptors (Lipinski definition) is 1. The average Bonchev–Trinajstić information content (AvgIpc) is 0.824. The van der Waals surface area contributed by atoms with Crippen molar-refractivity contribution in [3.63, 3.8) is 0 Å². The summed E-state index contributed by atoms with van der Waals surface area (Å²) in [6.07, 6.45) is 7.10. The molecule has 0 saturated heterocycles. The number of benzene rings is 15. The van der Waals surface area contributed by atoms with E-state index in [0.717, 1.165) is 83.9 Å². The van der Waals surface area contributed by atoms with E-state index < -0.39 is 0 Å². The van der Waals surface area contributed by atoms with Crippen LogP contribution >= 0.6 is 0 Å². The fraction of sp³-hybridized carbons (Fsp3) is 0. The molecule has 0 bridgehead atoms. The highest BCUT2D eigenvalue weighted by Gasteiger charge is 2.21. The Morgan fingerprint density at radius 3 is 0.485 bits per heavy atom. The van der Waals surface area contributed by atoms with Crippen LogP contribution in [0.1, 0.15) is 50.1 Å². The number of anilines is 3. The topological polar surface area (TPSA) is 3.24 Å². The minimum absolute atomic E-state index is 1.03. The van der Waals surface area contributed by atoms with Gasteiger partial charge in [0.25, 0.3) is 0 Å². The molecule has 0 spiro atoms. The Hall–Kier alpha value is -12.7. The molecule has 0 aromatic heterocycles. The summed E-state index contributed by atoms with van der Waals surface area (Å²) < 4.78 is 0. The molecule has 458 valence electrons. The second-order valence-electron chi connectivity index (χ2n) is 24.3. The van der Waals surface area contributed by atoms with Gasteiger partial charge in [0.15, 0.2) is 0 Å². The summed E-state index contributed by atoms with van der Waals surface area (Å²) in [7, 11) is 0. The van der Waals surface area contributed by atoms with Crippen molar-refractivity contribution in [1.82, 2.24) is 0 Å². The Morgan fingerprint density at radius 1 is 0.155 bits per heavy atom. The summed E-state index contributed by atoms with van der Waals surface area (Å²) in [6, 6.07) is 145. The van der Waals surface area contributed by atoms with Crippen molar-refractivity contribution < 1.29 is 0 Å². The van der Waals surface area contributed by atoms with E-state index in [1.807, 2.05) is 0 Å². The highest BCUT2D eigenvalue weighted by Crippen LogP contribution is 2.44. The van der Waals surface area contributed by atoms with Gasteiger partial charge in [0, 0.05) is 17.1 Å². The van der Waals surface area contributed by atoms with Crippen LogP contribution in [0.25, 0.3) is 102 Å². The van der Waals surface area contributed by atoms with Crippen molar-refractivity contribution in [2.45, 2.75) is 0 Å². The predicted molar refractivity (Wildman–Crippen MR) is 413 cm³/mol. The normalized spacial score (nSPS) is 10.9. The largest absolute Gasteiger partial charge is 0.311 e. The molecule has 15 aromatic rings. The lowest BCUT2D eigenvalue weighted by molar-refractivity contribution is 1.28. The number of nitrogens with zero attached hydrogens (tertiary/aromatic N) is 1. The van der Waals surface area contributed by atoms with Crippen molar-refractivity contribution >= 4 is 52.0 Å². The molecule has 15 aromatic carbocycles. The fourth-order valence-electron chi connectivity index (χ4n) is 13.5. The molecule has 0 amide bonds. The van der Waals surface area contributed by atoms with E-state index in [0.29, 0.717) is 0 Å². The molecule has 0 heterocycles. The van der Waals surface area contributed by atoms with Gasteiger partial charge in [-0.15, -0.1) is 0 Å². The minimum Gasteiger partial charge on any atom is -0.311 e. The highest BCUT2D eigenvalue weighted by molar-refractivity contribution is 6.04. The molecule has 0 N–H and O–H groups in total. The van der Waals surface area contributed by atoms with Gasteiger partial charge in [0.2, 0.25) is 0 Å². The van der Waals surface area contributed by atoms with Crippen LogP contribution < -0.4 is 4.90 Å². The molecule has 0 fully saturated rings. The highest BCUT2D eigenvalue weighted by atomic mass is 15.1. The van der Waals surface area contributed by atoms with Crippen LogP contribution in [0.5, 0.6) is 0 Å². The van der Waals surface area contributed by atoms with Crippen LogP contribution in [0.15, 0.2) is 400 Å². The van der Waals surface area contributed by atoms with Crippen molar-refractivity contribution in [3.05, 3.63) is 450 Å². The number of rotatable bonds is 18. The van der Waals surface area contributed by atoms with Gasteiger partial charge in [0.1, 0.15) is 0 Å². The molecule has 1 heteroatoms. The zero-order valence-corrected chi connectivity index (χ0v) is 53.8. The third-order valence-electron chi connectivity index (χ3n) is 18.2. The van der Waals surface area contributed by atoms with E-state index in [4.69, 9.17) is 0 Å². The molecular weight excluding hydrogens is 1170 g/mol. The van der Waals surface area contributed by atoms with Gasteiger partial charge in [-0.3, -0.25) is 0 Å². The zero-order chi connectivity index (χ0) is 65.0. The third kappa shape index (κ3) is 13.3. The molecule has 0 atom stereocenters. The fourth-order valence-corrected chi connectivity index (χ4v) is 13.5. The first-order valence-corrected chi connectivity index (χ1v) is 33.3. The maximum absolute atomic E-state index is 2.39. The van der Waals surface area contributed by atoms with Crippen LogP contribution in [0.3, 0.4) is 0 Å². The molecule has 0 saturated carbocycles. The lowest BCUT2D eigenvalue weighted by Crippen LogP contribution is -2.10. The smallest absolute Gasteiger partial charge is 0.0462 e. The molecule has 0 radical (unpaired) electrons. The first kappa shape index (κ1) is 60.6. The minimum atomic E-state index is 1.03. The van der Waals surface area contributed by atoms with E-state index in [2.05, 4.69) is 424 Å². The van der Waals surface area contributed by atoms with Gasteiger partial charge in [-0.2, -0.15) is 0 Å². The van der Waals surface area contributed by atoms with E-state index >= 15 is 0 Å². The van der Waals surface area contributed by atoms with E-state index in [-0.39, 0.29) is 0 Å². The van der Waals surface area contributed by atoms with E-state index in [9.17, 15) is 0 Å². The summed E-state index contributed by atoms with van der Waals surface area (Å²) in [6.45, 7) is 0. The standard InChI is InChI=1S/C96H69N/c1-7-31-73(32-8-1)82-43-19-25-49-88(82)94(89-50-26-20-44-83(89)74-33-9-2-10-34-74)67-70-55-61-79(62-56-70)97(80-63-57-71(58-64-80)68-95(90-51-27-21-45-84(90)75-35-11-3-12-36-75)91-52-28-22-46-85(91)76-37-13-4-14-38-76)81-65-59-72(60-66-81)69-96(92-53-29-23-47-86(92)77-39-15-5-16-40-77)93-54-30-24-48-87(93)78-41-17-6-18-42-78/h1-69H. The van der Waals surface area contributed by atoms with E-state index in [1.165, 1.54) is 66.8 Å². The Bertz CT molecular complexity index is 4460. The van der Waals surface area contributed by atoms with Crippen molar-refractivity contribution in [2.24, 2.45) is 0 Å². The summed E-state index contributed by atoms with van der Waals surface area (Å²) in [5, 5.41) is 0. The lowest BCUT2D eigenvalue weighted by atomic mass is 9.86. The van der Waals surface area contributed by atoms with Gasteiger partial charge in [0.05, 0.1) is 0 Å². The van der Waals surface area contributed by atoms with Crippen LogP contribution in [0.4, 0.5) is 17.1 Å². The first-order valence-electron chi connectivity index (χ1n) is 33.3. The second kappa shape index (κ2) is 28.7. The SMILES string of the molecule is C(=C(c1ccccc1-c1ccccc1)c1ccccc1-c1ccccc1)c1ccc(N(c2ccc(C=C(c3ccccc3-c3ccccc3)c3ccccc3-c3ccccc3)cc2)c2ccc(C=C(c3ccccc3-c3ccccc3)c3ccccc3-c3ccccc3)cc2)cc1. The summed E-state index contributed by atoms with van der Waals surface area (Å²) >= 11 is 0. The number of hydrogen-bond donors (Lipinski definition) is 0. The average molecular weight is 1240 g/mol. The monoisotopic (exact) mass is 1240 g/mol. The van der Waals surface area contributed by atoms with Gasteiger partial charge in [-0.25, -0.2) is 0 Å². The van der Waals surface area contributed by atoms with Gasteiger partial charge < -0.3 is 4.90 Å². The van der Waals surface area contributed by atoms with Crippen molar-refractivity contribution in [2.75, 3.05) is 4.90 Å². The van der Waals surface area contributed by atoms with Crippen molar-refractivity contribution in [3.8, 4) is 66.8 Å². The molecule has 1 nitrogen and oxygen atoms in total. The molecular formula is C96H69N. The first-order chi connectivity index (χ1) is 48.1. The Kier molecular flexibility index (Phi) is 17.9. The predicted octanol–water partition coefficient (Wildman–Crippen LogP) is 25.9. The third-order valence-corrected chi connectivity index (χ3v) is 18.2. The van der Waals surface area contributed by atoms with Crippen LogP contribution in [-0.4, -0.2) is 0 Å². The maximum atomic E-state index is 2.39. The summed E-state index contributed by atoms with van der Waals surface area (Å²) in [4.78, 5) is 2.39. The Labute approximate surface area is 570 Å². The molecule has 97 heavy (non-hydrogen) atoms. The molecule has 0 aliphatic rings. The van der Waals surface area contributed by atoms with E-state index in [1.54, 1.807) is 0 Å². The zero-order valence-electron chi connectivity index (χ0n) is 53.8. The Balaban J connectivity index is 0.879. The van der Waals surface area contributed by atoms with Gasteiger partial charge in [-0.1, -0.05) is 364 Å². The molecule has 0 aliphatic heterocycles. The molecule has 0 aliphatic carbocycles. The molecule has 15 rings (SSSR count). The van der Waals surface area contributed by atoms with Gasteiger partial charge >= 0.3 is 0 Å². The van der Waals surface area contributed by atoms with Crippen LogP contribution in [-0.2, 0) is 0 Å². The summed E-state index contributed by atoms with van der Waals surface area (Å²) in [5.41, 5.74) is 30.9. The molecule has 0 unspecified atom stereocenters. The second-order valence-corrected chi connectivity index (χ2v) is 24.3. The van der Waals surface area contributed by atoms with Crippen LogP contribution in [0.2, 0.25) is 0 Å². The Morgan fingerprint density at radius 2 is 0.309 bits per heavy atom. The van der Waals surface area contributed by atoms with Crippen LogP contribution in [0, 0.1) is 0 Å². The van der Waals surface area contributed by atoms with Crippen molar-refractivity contribution in [1.29, 1.82) is 0 Å².